The van der Waals surface area contributed by atoms with E-state index in [1.807, 2.05) is 32.9 Å². The van der Waals surface area contributed by atoms with E-state index in [1.54, 1.807) is 0 Å². The van der Waals surface area contributed by atoms with Gasteiger partial charge in [-0.05, 0) is 44.0 Å². The Kier molecular flexibility index (Phi) is 4.82. The summed E-state index contributed by atoms with van der Waals surface area (Å²) in [5.41, 5.74) is 3.08. The van der Waals surface area contributed by atoms with E-state index in [0.29, 0.717) is 13.2 Å². The van der Waals surface area contributed by atoms with Gasteiger partial charge in [-0.1, -0.05) is 0 Å². The summed E-state index contributed by atoms with van der Waals surface area (Å²) in [6.45, 7) is 6.99. The lowest BCUT2D eigenvalue weighted by atomic mass is 10.1. The van der Waals surface area contributed by atoms with E-state index in [2.05, 4.69) is 5.32 Å². The van der Waals surface area contributed by atoms with E-state index >= 15 is 0 Å². The van der Waals surface area contributed by atoms with E-state index < -0.39 is 5.97 Å². The van der Waals surface area contributed by atoms with Crippen molar-refractivity contribution in [3.8, 4) is 5.75 Å². The number of carboxylic acids is 1. The van der Waals surface area contributed by atoms with E-state index in [-0.39, 0.29) is 6.42 Å². The maximum atomic E-state index is 10.4. The number of ether oxygens (including phenoxy) is 1. The summed E-state index contributed by atoms with van der Waals surface area (Å²) in [5, 5.41) is 11.7. The zero-order chi connectivity index (χ0) is 12.8. The van der Waals surface area contributed by atoms with Gasteiger partial charge in [0.25, 0.3) is 0 Å². The second kappa shape index (κ2) is 6.13. The highest BCUT2D eigenvalue weighted by Gasteiger charge is 2.05. The maximum Gasteiger partial charge on any atom is 0.305 e. The fourth-order valence-electron chi connectivity index (χ4n) is 1.60. The molecule has 0 bridgehead atoms. The number of carbonyl (C=O) groups is 1. The van der Waals surface area contributed by atoms with Crippen LogP contribution in [0.4, 0.5) is 5.69 Å². The van der Waals surface area contributed by atoms with Crippen LogP contribution in [0.15, 0.2) is 12.1 Å². The van der Waals surface area contributed by atoms with Crippen LogP contribution in [0.5, 0.6) is 5.75 Å². The second-order valence-corrected chi connectivity index (χ2v) is 3.94. The Labute approximate surface area is 102 Å². The van der Waals surface area contributed by atoms with Crippen LogP contribution in [0.2, 0.25) is 0 Å². The Hall–Kier alpha value is -1.71. The number of hydrogen-bond donors (Lipinski definition) is 2. The Morgan fingerprint density at radius 2 is 2.06 bits per heavy atom. The molecule has 0 aromatic heterocycles. The first-order valence-corrected chi connectivity index (χ1v) is 5.74. The summed E-state index contributed by atoms with van der Waals surface area (Å²) in [4.78, 5) is 10.4. The Balaban J connectivity index is 2.73. The number of rotatable bonds is 6. The van der Waals surface area contributed by atoms with Crippen molar-refractivity contribution in [2.45, 2.75) is 27.2 Å². The molecule has 4 nitrogen and oxygen atoms in total. The molecule has 1 rings (SSSR count). The molecule has 0 atom stereocenters. The molecule has 17 heavy (non-hydrogen) atoms. The third-order valence-corrected chi connectivity index (χ3v) is 2.48. The van der Waals surface area contributed by atoms with E-state index in [1.165, 1.54) is 0 Å². The minimum Gasteiger partial charge on any atom is -0.494 e. The minimum atomic E-state index is -0.794. The fraction of sp³-hybridized carbons (Fsp3) is 0.462. The number of carboxylic acid groups (broad SMARTS) is 1. The van der Waals surface area contributed by atoms with Gasteiger partial charge in [0.05, 0.1) is 13.0 Å². The molecule has 0 spiro atoms. The largest absolute Gasteiger partial charge is 0.494 e. The van der Waals surface area contributed by atoms with Gasteiger partial charge in [0, 0.05) is 12.2 Å². The van der Waals surface area contributed by atoms with Crippen molar-refractivity contribution in [3.05, 3.63) is 23.3 Å². The molecule has 0 fully saturated rings. The van der Waals surface area contributed by atoms with Gasteiger partial charge in [-0.25, -0.2) is 0 Å². The summed E-state index contributed by atoms with van der Waals surface area (Å²) in [6, 6.07) is 3.96. The summed E-state index contributed by atoms with van der Waals surface area (Å²) in [5.74, 6) is 0.0894. The number of aliphatic carboxylic acids is 1. The van der Waals surface area contributed by atoms with Crippen molar-refractivity contribution in [2.75, 3.05) is 18.5 Å². The molecule has 4 heteroatoms. The highest BCUT2D eigenvalue weighted by atomic mass is 16.5. The molecule has 0 unspecified atom stereocenters. The summed E-state index contributed by atoms with van der Waals surface area (Å²) < 4.78 is 5.49. The molecule has 0 radical (unpaired) electrons. The standard InChI is InChI=1S/C13H19NO3/c1-4-17-12-8-9(2)11(7-10(12)3)14-6-5-13(15)16/h7-8,14H,4-6H2,1-3H3,(H,15,16). The lowest BCUT2D eigenvalue weighted by Crippen LogP contribution is -2.08. The number of anilines is 1. The summed E-state index contributed by atoms with van der Waals surface area (Å²) >= 11 is 0. The molecule has 0 aliphatic rings. The molecule has 0 aliphatic carbocycles. The van der Waals surface area contributed by atoms with Crippen molar-refractivity contribution in [1.29, 1.82) is 0 Å². The van der Waals surface area contributed by atoms with Crippen LogP contribution >= 0.6 is 0 Å². The predicted molar refractivity (Wildman–Crippen MR) is 67.8 cm³/mol. The van der Waals surface area contributed by atoms with Crippen molar-refractivity contribution in [3.63, 3.8) is 0 Å². The third kappa shape index (κ3) is 3.98. The molecular weight excluding hydrogens is 218 g/mol. The summed E-state index contributed by atoms with van der Waals surface area (Å²) in [7, 11) is 0. The number of aryl methyl sites for hydroxylation is 2. The van der Waals surface area contributed by atoms with Gasteiger partial charge < -0.3 is 15.2 Å². The topological polar surface area (TPSA) is 58.6 Å². The lowest BCUT2D eigenvalue weighted by molar-refractivity contribution is -0.136. The molecule has 0 saturated heterocycles. The van der Waals surface area contributed by atoms with Gasteiger partial charge in [-0.3, -0.25) is 4.79 Å². The second-order valence-electron chi connectivity index (χ2n) is 3.94. The van der Waals surface area contributed by atoms with Gasteiger partial charge in [-0.2, -0.15) is 0 Å². The van der Waals surface area contributed by atoms with Gasteiger partial charge in [0.1, 0.15) is 5.75 Å². The van der Waals surface area contributed by atoms with Crippen molar-refractivity contribution in [1.82, 2.24) is 0 Å². The lowest BCUT2D eigenvalue weighted by Gasteiger charge is -2.13. The van der Waals surface area contributed by atoms with Crippen LogP contribution in [0, 0.1) is 13.8 Å². The molecule has 1 aromatic rings. The van der Waals surface area contributed by atoms with Crippen molar-refractivity contribution >= 4 is 11.7 Å². The fourth-order valence-corrected chi connectivity index (χ4v) is 1.60. The molecular formula is C13H19NO3. The molecule has 2 N–H and O–H groups in total. The molecule has 0 heterocycles. The van der Waals surface area contributed by atoms with Crippen LogP contribution in [0.1, 0.15) is 24.5 Å². The third-order valence-electron chi connectivity index (χ3n) is 2.48. The first kappa shape index (κ1) is 13.4. The van der Waals surface area contributed by atoms with E-state index in [4.69, 9.17) is 9.84 Å². The average molecular weight is 237 g/mol. The number of hydrogen-bond acceptors (Lipinski definition) is 3. The number of benzene rings is 1. The van der Waals surface area contributed by atoms with Gasteiger partial charge in [0.2, 0.25) is 0 Å². The van der Waals surface area contributed by atoms with Gasteiger partial charge in [-0.15, -0.1) is 0 Å². The Morgan fingerprint density at radius 3 is 2.65 bits per heavy atom. The molecule has 0 amide bonds. The molecule has 1 aromatic carbocycles. The zero-order valence-electron chi connectivity index (χ0n) is 10.5. The number of nitrogens with one attached hydrogen (secondary N) is 1. The first-order valence-electron chi connectivity index (χ1n) is 5.74. The van der Waals surface area contributed by atoms with E-state index in [9.17, 15) is 4.79 Å². The first-order chi connectivity index (χ1) is 8.04. The van der Waals surface area contributed by atoms with Gasteiger partial charge >= 0.3 is 5.97 Å². The highest BCUT2D eigenvalue weighted by molar-refractivity contribution is 5.67. The van der Waals surface area contributed by atoms with Crippen LogP contribution in [-0.2, 0) is 4.79 Å². The smallest absolute Gasteiger partial charge is 0.305 e. The van der Waals surface area contributed by atoms with Gasteiger partial charge in [0.15, 0.2) is 0 Å². The molecule has 0 saturated carbocycles. The average Bonchev–Trinajstić information content (AvgIpc) is 2.24. The minimum absolute atomic E-state index is 0.117. The highest BCUT2D eigenvalue weighted by Crippen LogP contribution is 2.26. The monoisotopic (exact) mass is 237 g/mol. The van der Waals surface area contributed by atoms with Crippen LogP contribution in [0.25, 0.3) is 0 Å². The molecule has 0 aliphatic heterocycles. The van der Waals surface area contributed by atoms with Crippen LogP contribution in [-0.4, -0.2) is 24.2 Å². The van der Waals surface area contributed by atoms with Crippen molar-refractivity contribution < 1.29 is 14.6 Å². The van der Waals surface area contributed by atoms with Crippen LogP contribution < -0.4 is 10.1 Å². The zero-order valence-corrected chi connectivity index (χ0v) is 10.5. The predicted octanol–water partition coefficient (Wildman–Crippen LogP) is 2.59. The maximum absolute atomic E-state index is 10.4. The Morgan fingerprint density at radius 1 is 1.35 bits per heavy atom. The van der Waals surface area contributed by atoms with Crippen molar-refractivity contribution in [2.24, 2.45) is 0 Å². The normalized spacial score (nSPS) is 10.1. The Bertz CT molecular complexity index is 402. The quantitative estimate of drug-likeness (QED) is 0.798. The van der Waals surface area contributed by atoms with E-state index in [0.717, 1.165) is 22.6 Å². The van der Waals surface area contributed by atoms with Crippen LogP contribution in [0.3, 0.4) is 0 Å². The SMILES string of the molecule is CCOc1cc(C)c(NCCC(=O)O)cc1C. The summed E-state index contributed by atoms with van der Waals surface area (Å²) in [6.07, 6.45) is 0.117. The molecule has 94 valence electrons.